The number of rotatable bonds is 1. The van der Waals surface area contributed by atoms with Gasteiger partial charge in [-0.05, 0) is 109 Å². The predicted octanol–water partition coefficient (Wildman–Crippen LogP) is 12.3. The van der Waals surface area contributed by atoms with Crippen LogP contribution >= 0.6 is 0 Å². The lowest BCUT2D eigenvalue weighted by Gasteiger charge is -2.40. The molecule has 0 fully saturated rings. The summed E-state index contributed by atoms with van der Waals surface area (Å²) in [7, 11) is 0. The molecule has 1 aliphatic heterocycles. The Morgan fingerprint density at radius 1 is 0.520 bits per heavy atom. The average Bonchev–Trinajstić information content (AvgIpc) is 3.53. The first kappa shape index (κ1) is 26.7. The van der Waals surface area contributed by atoms with E-state index >= 15 is 0 Å². The minimum atomic E-state index is -0.396. The highest BCUT2D eigenvalue weighted by Crippen LogP contribution is 2.61. The van der Waals surface area contributed by atoms with Crippen molar-refractivity contribution in [2.75, 3.05) is 0 Å². The van der Waals surface area contributed by atoms with Crippen molar-refractivity contribution in [3.63, 3.8) is 0 Å². The van der Waals surface area contributed by atoms with Gasteiger partial charge in [0.2, 0.25) is 0 Å². The van der Waals surface area contributed by atoms with Gasteiger partial charge >= 0.3 is 0 Å². The monoisotopic (exact) mass is 633 g/mol. The van der Waals surface area contributed by atoms with E-state index in [9.17, 15) is 0 Å². The largest absolute Gasteiger partial charge is 0.309 e. The molecule has 0 N–H and O–H groups in total. The van der Waals surface area contributed by atoms with Crippen LogP contribution in [0.4, 0.5) is 0 Å². The molecular weight excluding hydrogens is 603 g/mol. The van der Waals surface area contributed by atoms with Gasteiger partial charge in [0.15, 0.2) is 0 Å². The molecule has 1 spiro atoms. The third-order valence-corrected chi connectivity index (χ3v) is 12.0. The van der Waals surface area contributed by atoms with Crippen molar-refractivity contribution < 1.29 is 0 Å². The fourth-order valence-corrected chi connectivity index (χ4v) is 10.2. The Hall–Kier alpha value is -6.18. The highest BCUT2D eigenvalue weighted by Gasteiger charge is 2.51. The van der Waals surface area contributed by atoms with E-state index in [1.54, 1.807) is 0 Å². The molecule has 4 aliphatic carbocycles. The van der Waals surface area contributed by atoms with Gasteiger partial charge in [-0.3, -0.25) is 0 Å². The van der Waals surface area contributed by atoms with Crippen LogP contribution in [-0.4, -0.2) is 4.57 Å². The van der Waals surface area contributed by atoms with Gasteiger partial charge in [0, 0.05) is 10.8 Å². The summed E-state index contributed by atoms with van der Waals surface area (Å²) in [6.45, 7) is 0. The second-order valence-corrected chi connectivity index (χ2v) is 14.2. The first-order valence-electron chi connectivity index (χ1n) is 17.8. The summed E-state index contributed by atoms with van der Waals surface area (Å²) in [6, 6.07) is 44.0. The molecule has 1 aromatic heterocycles. The minimum Gasteiger partial charge on any atom is -0.309 e. The molecule has 232 valence electrons. The Balaban J connectivity index is 1.15. The van der Waals surface area contributed by atoms with Crippen molar-refractivity contribution >= 4 is 49.3 Å². The first-order valence-corrected chi connectivity index (χ1v) is 17.8. The lowest BCUT2D eigenvalue weighted by Crippen LogP contribution is -2.34. The highest BCUT2D eigenvalue weighted by molar-refractivity contribution is 6.20. The molecule has 7 aromatic rings. The van der Waals surface area contributed by atoms with Crippen molar-refractivity contribution in [2.24, 2.45) is 0 Å². The Bertz CT molecular complexity index is 2910. The molecule has 0 bridgehead atoms. The van der Waals surface area contributed by atoms with Crippen LogP contribution < -0.4 is 0 Å². The summed E-state index contributed by atoms with van der Waals surface area (Å²) < 4.78 is 2.55. The fourth-order valence-electron chi connectivity index (χ4n) is 10.2. The van der Waals surface area contributed by atoms with Crippen LogP contribution in [0.15, 0.2) is 169 Å². The summed E-state index contributed by atoms with van der Waals surface area (Å²) in [5, 5.41) is 5.33. The van der Waals surface area contributed by atoms with Crippen LogP contribution in [-0.2, 0) is 5.41 Å². The normalized spacial score (nSPS) is 19.0. The van der Waals surface area contributed by atoms with Gasteiger partial charge in [0.25, 0.3) is 0 Å². The van der Waals surface area contributed by atoms with E-state index in [2.05, 4.69) is 168 Å². The van der Waals surface area contributed by atoms with E-state index in [0.29, 0.717) is 0 Å². The Morgan fingerprint density at radius 2 is 1.32 bits per heavy atom. The smallest absolute Gasteiger partial charge is 0.0754 e. The maximum atomic E-state index is 2.55. The zero-order valence-corrected chi connectivity index (χ0v) is 27.4. The standard InChI is InChI=1S/C49H31N/c1-3-13-32-33(14-4-1)38-27-26-31(36-17-11-18-37(32)47(36)38)30-25-28-45-40(29-30)39-19-12-23-44-48(39)50(45)46-24-10-9-22-43(46)49(44)41-20-6-2-5-15-34(41)35-16-7-8-21-42(35)49/h1,3-13,15-29H,2,14H2. The van der Waals surface area contributed by atoms with Crippen LogP contribution in [0.1, 0.15) is 46.2 Å². The van der Waals surface area contributed by atoms with Gasteiger partial charge in [-0.1, -0.05) is 146 Å². The number of nitrogens with zero attached hydrogens (tertiary/aromatic N) is 1. The maximum absolute atomic E-state index is 2.55. The summed E-state index contributed by atoms with van der Waals surface area (Å²) in [5.74, 6) is 0. The Labute approximate surface area is 290 Å². The van der Waals surface area contributed by atoms with E-state index < -0.39 is 5.41 Å². The van der Waals surface area contributed by atoms with Crippen molar-refractivity contribution in [1.82, 2.24) is 4.57 Å². The molecule has 1 atom stereocenters. The Kier molecular flexibility index (Phi) is 5.08. The summed E-state index contributed by atoms with van der Waals surface area (Å²) >= 11 is 0. The number of hydrogen-bond acceptors (Lipinski definition) is 0. The molecule has 6 aromatic carbocycles. The van der Waals surface area contributed by atoms with Gasteiger partial charge in [-0.25, -0.2) is 0 Å². The second-order valence-electron chi connectivity index (χ2n) is 14.2. The van der Waals surface area contributed by atoms with Crippen LogP contribution in [0.3, 0.4) is 0 Å². The zero-order valence-electron chi connectivity index (χ0n) is 27.4. The number of benzene rings is 6. The molecular formula is C49H31N. The molecule has 1 heteroatoms. The maximum Gasteiger partial charge on any atom is 0.0754 e. The van der Waals surface area contributed by atoms with E-state index in [1.165, 1.54) is 105 Å². The van der Waals surface area contributed by atoms with Crippen molar-refractivity contribution in [3.8, 4) is 16.8 Å². The molecule has 2 heterocycles. The lowest BCUT2D eigenvalue weighted by molar-refractivity contribution is 0.742. The highest BCUT2D eigenvalue weighted by atomic mass is 15.0. The van der Waals surface area contributed by atoms with Crippen LogP contribution in [0.5, 0.6) is 0 Å². The molecule has 0 saturated carbocycles. The molecule has 1 unspecified atom stereocenters. The second kappa shape index (κ2) is 9.49. The van der Waals surface area contributed by atoms with Gasteiger partial charge < -0.3 is 4.57 Å². The van der Waals surface area contributed by atoms with Crippen LogP contribution in [0, 0.1) is 0 Å². The van der Waals surface area contributed by atoms with Crippen LogP contribution in [0.2, 0.25) is 0 Å². The number of aromatic nitrogens is 1. The van der Waals surface area contributed by atoms with Crippen molar-refractivity contribution in [1.29, 1.82) is 0 Å². The van der Waals surface area contributed by atoms with Gasteiger partial charge in [0.1, 0.15) is 0 Å². The molecule has 0 saturated heterocycles. The van der Waals surface area contributed by atoms with Gasteiger partial charge in [-0.15, -0.1) is 0 Å². The molecule has 1 nitrogen and oxygen atoms in total. The summed E-state index contributed by atoms with van der Waals surface area (Å²) in [5.41, 5.74) is 19.7. The predicted molar refractivity (Wildman–Crippen MR) is 210 cm³/mol. The summed E-state index contributed by atoms with van der Waals surface area (Å²) in [4.78, 5) is 0. The van der Waals surface area contributed by atoms with Crippen LogP contribution in [0.25, 0.3) is 66.1 Å². The van der Waals surface area contributed by atoms with E-state index in [1.807, 2.05) is 0 Å². The molecule has 0 amide bonds. The SMILES string of the molecule is C1=CCC2=C(C=C1)c1cccc3c(-c4ccc5c(c4)c4cccc6c4n5-c4ccccc4C64C5=C(C=CCC=C5)c5ccccc54)ccc2c13. The first-order chi connectivity index (χ1) is 24.8. The zero-order chi connectivity index (χ0) is 32.6. The van der Waals surface area contributed by atoms with E-state index in [-0.39, 0.29) is 0 Å². The molecule has 0 radical (unpaired) electrons. The van der Waals surface area contributed by atoms with Gasteiger partial charge in [0.05, 0.1) is 22.1 Å². The molecule has 12 rings (SSSR count). The molecule has 50 heavy (non-hydrogen) atoms. The average molecular weight is 634 g/mol. The fraction of sp³-hybridized carbons (Fsp3) is 0.0612. The third-order valence-electron chi connectivity index (χ3n) is 12.0. The Morgan fingerprint density at radius 3 is 2.30 bits per heavy atom. The van der Waals surface area contributed by atoms with Gasteiger partial charge in [-0.2, -0.15) is 0 Å². The van der Waals surface area contributed by atoms with Crippen molar-refractivity contribution in [2.45, 2.75) is 18.3 Å². The summed E-state index contributed by atoms with van der Waals surface area (Å²) in [6.07, 6.45) is 20.3. The minimum absolute atomic E-state index is 0.396. The number of fused-ring (bicyclic) bond motifs is 13. The third kappa shape index (κ3) is 3.10. The molecule has 5 aliphatic rings. The topological polar surface area (TPSA) is 4.93 Å². The van der Waals surface area contributed by atoms with E-state index in [0.717, 1.165) is 12.8 Å². The van der Waals surface area contributed by atoms with Crippen molar-refractivity contribution in [3.05, 3.63) is 203 Å². The quantitative estimate of drug-likeness (QED) is 0.170. The van der Waals surface area contributed by atoms with E-state index in [4.69, 9.17) is 0 Å². The number of allylic oxidation sites excluding steroid dienone is 12. The number of hydrogen-bond donors (Lipinski definition) is 0. The number of para-hydroxylation sites is 2. The lowest BCUT2D eigenvalue weighted by atomic mass is 9.64.